The second kappa shape index (κ2) is 11.4. The topological polar surface area (TPSA) is 122 Å². The number of thiophene rings is 1. The Balaban J connectivity index is 1.50. The number of primary amides is 1. The Hall–Kier alpha value is -3.20. The molecule has 9 heteroatoms. The molecule has 1 fully saturated rings. The molecule has 0 atom stereocenters. The number of piperidine rings is 1. The molecule has 1 aliphatic heterocycles. The van der Waals surface area contributed by atoms with Gasteiger partial charge in [-0.15, -0.1) is 11.3 Å². The average Bonchev–Trinajstić information content (AvgIpc) is 3.33. The van der Waals surface area contributed by atoms with Crippen molar-refractivity contribution in [2.24, 2.45) is 5.73 Å². The van der Waals surface area contributed by atoms with E-state index in [4.69, 9.17) is 5.73 Å². The van der Waals surface area contributed by atoms with Gasteiger partial charge in [0, 0.05) is 44.5 Å². The Kier molecular flexibility index (Phi) is 8.38. The fourth-order valence-electron chi connectivity index (χ4n) is 3.60. The van der Waals surface area contributed by atoms with E-state index in [0.29, 0.717) is 16.1 Å². The fraction of sp³-hybridized carbons (Fsp3) is 0.391. The van der Waals surface area contributed by atoms with Crippen molar-refractivity contribution in [1.29, 1.82) is 0 Å². The maximum atomic E-state index is 12.5. The molecule has 1 aromatic heterocycles. The maximum absolute atomic E-state index is 12.5. The van der Waals surface area contributed by atoms with Crippen LogP contribution in [0.1, 0.15) is 58.6 Å². The SMILES string of the molecule is NC(=O)c1ccc(N2CCCCC2)c(NC(=O)CCNC(=O)CCC(=O)c2cccs2)c1. The van der Waals surface area contributed by atoms with Gasteiger partial charge in [-0.3, -0.25) is 19.2 Å². The normalized spacial score (nSPS) is 13.4. The lowest BCUT2D eigenvalue weighted by Gasteiger charge is -2.30. The van der Waals surface area contributed by atoms with Gasteiger partial charge < -0.3 is 21.3 Å². The van der Waals surface area contributed by atoms with Crippen molar-refractivity contribution in [3.63, 3.8) is 0 Å². The molecule has 0 saturated carbocycles. The Bertz CT molecular complexity index is 968. The van der Waals surface area contributed by atoms with Gasteiger partial charge in [0.2, 0.25) is 17.7 Å². The molecule has 3 rings (SSSR count). The molecule has 0 bridgehead atoms. The van der Waals surface area contributed by atoms with E-state index < -0.39 is 5.91 Å². The van der Waals surface area contributed by atoms with E-state index >= 15 is 0 Å². The first-order chi connectivity index (χ1) is 15.4. The molecule has 170 valence electrons. The molecule has 32 heavy (non-hydrogen) atoms. The number of amides is 3. The van der Waals surface area contributed by atoms with Gasteiger partial charge in [0.05, 0.1) is 16.3 Å². The second-order valence-corrected chi connectivity index (χ2v) is 8.64. The molecule has 1 aromatic carbocycles. The van der Waals surface area contributed by atoms with Crippen molar-refractivity contribution in [2.45, 2.75) is 38.5 Å². The molecule has 2 heterocycles. The highest BCUT2D eigenvalue weighted by Crippen LogP contribution is 2.29. The van der Waals surface area contributed by atoms with Crippen molar-refractivity contribution in [3.05, 3.63) is 46.2 Å². The van der Waals surface area contributed by atoms with Gasteiger partial charge in [-0.05, 0) is 48.9 Å². The maximum Gasteiger partial charge on any atom is 0.248 e. The van der Waals surface area contributed by atoms with Crippen LogP contribution in [0, 0.1) is 0 Å². The molecule has 2 aromatic rings. The van der Waals surface area contributed by atoms with Gasteiger partial charge in [0.15, 0.2) is 5.78 Å². The van der Waals surface area contributed by atoms with Crippen LogP contribution in [0.3, 0.4) is 0 Å². The lowest BCUT2D eigenvalue weighted by Crippen LogP contribution is -2.31. The first kappa shape index (κ1) is 23.5. The number of hydrogen-bond donors (Lipinski definition) is 3. The summed E-state index contributed by atoms with van der Waals surface area (Å²) in [6.07, 6.45) is 3.62. The van der Waals surface area contributed by atoms with E-state index in [-0.39, 0.29) is 43.4 Å². The highest BCUT2D eigenvalue weighted by atomic mass is 32.1. The van der Waals surface area contributed by atoms with Crippen LogP contribution < -0.4 is 21.3 Å². The average molecular weight is 457 g/mol. The van der Waals surface area contributed by atoms with E-state index in [1.54, 1.807) is 24.3 Å². The smallest absolute Gasteiger partial charge is 0.248 e. The number of nitrogens with two attached hydrogens (primary N) is 1. The lowest BCUT2D eigenvalue weighted by atomic mass is 10.1. The summed E-state index contributed by atoms with van der Waals surface area (Å²) in [5.41, 5.74) is 7.13. The number of anilines is 2. The van der Waals surface area contributed by atoms with Crippen LogP contribution in [0.15, 0.2) is 35.7 Å². The minimum atomic E-state index is -0.560. The first-order valence-corrected chi connectivity index (χ1v) is 11.6. The first-order valence-electron chi connectivity index (χ1n) is 10.8. The highest BCUT2D eigenvalue weighted by molar-refractivity contribution is 7.12. The number of rotatable bonds is 10. The fourth-order valence-corrected chi connectivity index (χ4v) is 4.30. The molecule has 0 spiro atoms. The molecular formula is C23H28N4O4S. The molecule has 1 aliphatic rings. The molecule has 0 aliphatic carbocycles. The number of nitrogens with zero attached hydrogens (tertiary/aromatic N) is 1. The third-order valence-corrected chi connectivity index (χ3v) is 6.21. The summed E-state index contributed by atoms with van der Waals surface area (Å²) in [7, 11) is 0. The Morgan fingerprint density at radius 1 is 0.969 bits per heavy atom. The molecule has 8 nitrogen and oxygen atoms in total. The quantitative estimate of drug-likeness (QED) is 0.475. The third kappa shape index (κ3) is 6.65. The summed E-state index contributed by atoms with van der Waals surface area (Å²) in [6, 6.07) is 8.61. The van der Waals surface area contributed by atoms with Crippen molar-refractivity contribution in [3.8, 4) is 0 Å². The molecule has 4 N–H and O–H groups in total. The number of benzene rings is 1. The number of hydrogen-bond acceptors (Lipinski definition) is 6. The Morgan fingerprint density at radius 2 is 1.75 bits per heavy atom. The standard InChI is InChI=1S/C23H28N4O4S/c24-23(31)16-6-7-18(27-12-2-1-3-13-27)17(15-16)26-22(30)10-11-25-21(29)9-8-19(28)20-5-4-14-32-20/h4-7,14-15H,1-3,8-13H2,(H2,24,31)(H,25,29)(H,26,30). The molecular weight excluding hydrogens is 428 g/mol. The molecule has 0 radical (unpaired) electrons. The van der Waals surface area contributed by atoms with Crippen LogP contribution in [-0.2, 0) is 9.59 Å². The number of Topliss-reactive ketones (excluding diaryl/α,β-unsaturated/α-hetero) is 1. The Labute approximate surface area is 191 Å². The van der Waals surface area contributed by atoms with Crippen LogP contribution in [-0.4, -0.2) is 43.1 Å². The van der Waals surface area contributed by atoms with E-state index in [1.807, 2.05) is 11.4 Å². The third-order valence-electron chi connectivity index (χ3n) is 5.30. The summed E-state index contributed by atoms with van der Waals surface area (Å²) >= 11 is 1.35. The zero-order chi connectivity index (χ0) is 22.9. The van der Waals surface area contributed by atoms with Crippen LogP contribution in [0.5, 0.6) is 0 Å². The number of ketones is 1. The lowest BCUT2D eigenvalue weighted by molar-refractivity contribution is -0.121. The minimum absolute atomic E-state index is 0.0625. The van der Waals surface area contributed by atoms with Gasteiger partial charge in [0.1, 0.15) is 0 Å². The number of carbonyl (C=O) groups excluding carboxylic acids is 4. The van der Waals surface area contributed by atoms with Gasteiger partial charge in [-0.25, -0.2) is 0 Å². The highest BCUT2D eigenvalue weighted by Gasteiger charge is 2.18. The summed E-state index contributed by atoms with van der Waals surface area (Å²) in [6.45, 7) is 1.94. The van der Waals surface area contributed by atoms with E-state index in [1.165, 1.54) is 17.8 Å². The van der Waals surface area contributed by atoms with Crippen molar-refractivity contribution < 1.29 is 19.2 Å². The summed E-state index contributed by atoms with van der Waals surface area (Å²) in [4.78, 5) is 50.8. The molecule has 3 amide bonds. The van der Waals surface area contributed by atoms with Crippen molar-refractivity contribution >= 4 is 46.2 Å². The van der Waals surface area contributed by atoms with Crippen LogP contribution in [0.25, 0.3) is 0 Å². The van der Waals surface area contributed by atoms with Crippen LogP contribution in [0.2, 0.25) is 0 Å². The van der Waals surface area contributed by atoms with Gasteiger partial charge >= 0.3 is 0 Å². The van der Waals surface area contributed by atoms with Gasteiger partial charge in [-0.1, -0.05) is 6.07 Å². The predicted octanol–water partition coefficient (Wildman–Crippen LogP) is 2.95. The van der Waals surface area contributed by atoms with Crippen LogP contribution in [0.4, 0.5) is 11.4 Å². The summed E-state index contributed by atoms with van der Waals surface area (Å²) < 4.78 is 0. The predicted molar refractivity (Wildman–Crippen MR) is 125 cm³/mol. The Morgan fingerprint density at radius 3 is 2.44 bits per heavy atom. The minimum Gasteiger partial charge on any atom is -0.370 e. The van der Waals surface area contributed by atoms with Crippen molar-refractivity contribution in [2.75, 3.05) is 29.9 Å². The number of carbonyl (C=O) groups is 4. The number of nitrogens with one attached hydrogen (secondary N) is 2. The monoisotopic (exact) mass is 456 g/mol. The van der Waals surface area contributed by atoms with Crippen molar-refractivity contribution in [1.82, 2.24) is 5.32 Å². The van der Waals surface area contributed by atoms with Gasteiger partial charge in [-0.2, -0.15) is 0 Å². The van der Waals surface area contributed by atoms with E-state index in [0.717, 1.165) is 31.6 Å². The zero-order valence-electron chi connectivity index (χ0n) is 17.9. The molecule has 0 unspecified atom stereocenters. The van der Waals surface area contributed by atoms with E-state index in [2.05, 4.69) is 15.5 Å². The molecule has 1 saturated heterocycles. The van der Waals surface area contributed by atoms with Gasteiger partial charge in [0.25, 0.3) is 0 Å². The zero-order valence-corrected chi connectivity index (χ0v) is 18.7. The van der Waals surface area contributed by atoms with Crippen LogP contribution >= 0.6 is 11.3 Å². The second-order valence-electron chi connectivity index (χ2n) is 7.69. The summed E-state index contributed by atoms with van der Waals surface area (Å²) in [5, 5.41) is 7.35. The largest absolute Gasteiger partial charge is 0.370 e. The van der Waals surface area contributed by atoms with E-state index in [9.17, 15) is 19.2 Å². The summed E-state index contributed by atoms with van der Waals surface area (Å²) in [5.74, 6) is -1.17.